The molecule has 0 radical (unpaired) electrons. The van der Waals surface area contributed by atoms with Crippen LogP contribution in [0.4, 0.5) is 4.39 Å². The Labute approximate surface area is 132 Å². The molecule has 1 unspecified atom stereocenters. The van der Waals surface area contributed by atoms with E-state index in [1.165, 1.54) is 24.3 Å². The highest BCUT2D eigenvalue weighted by Gasteiger charge is 2.30. The average Bonchev–Trinajstić information content (AvgIpc) is 2.48. The molecular formula is C17H27FN2O2. The Bertz CT molecular complexity index is 470. The van der Waals surface area contributed by atoms with Crippen LogP contribution in [-0.2, 0) is 4.79 Å². The third kappa shape index (κ3) is 5.30. The number of halogens is 1. The first-order valence-corrected chi connectivity index (χ1v) is 7.77. The second-order valence-corrected chi connectivity index (χ2v) is 5.85. The van der Waals surface area contributed by atoms with Crippen molar-refractivity contribution in [1.82, 2.24) is 10.2 Å². The van der Waals surface area contributed by atoms with E-state index in [4.69, 9.17) is 4.74 Å². The van der Waals surface area contributed by atoms with E-state index in [1.54, 1.807) is 13.8 Å². The van der Waals surface area contributed by atoms with Crippen LogP contribution in [0.1, 0.15) is 34.6 Å². The third-order valence-corrected chi connectivity index (χ3v) is 3.73. The number of carbonyl (C=O) groups is 1. The highest BCUT2D eigenvalue weighted by Crippen LogP contribution is 2.18. The molecule has 1 amide bonds. The molecule has 22 heavy (non-hydrogen) atoms. The molecule has 1 rings (SSSR count). The summed E-state index contributed by atoms with van der Waals surface area (Å²) >= 11 is 0. The van der Waals surface area contributed by atoms with Gasteiger partial charge in [-0.05, 0) is 58.1 Å². The number of benzene rings is 1. The molecular weight excluding hydrogens is 283 g/mol. The lowest BCUT2D eigenvalue weighted by Crippen LogP contribution is -2.50. The molecule has 0 aliphatic heterocycles. The van der Waals surface area contributed by atoms with E-state index in [9.17, 15) is 9.18 Å². The Balaban J connectivity index is 2.57. The quantitative estimate of drug-likeness (QED) is 0.803. The van der Waals surface area contributed by atoms with Gasteiger partial charge < -0.3 is 10.1 Å². The van der Waals surface area contributed by atoms with Crippen LogP contribution in [0, 0.1) is 5.82 Å². The Kier molecular flexibility index (Phi) is 6.81. The molecule has 1 aromatic rings. The van der Waals surface area contributed by atoms with Crippen molar-refractivity contribution in [3.63, 3.8) is 0 Å². The first-order chi connectivity index (χ1) is 10.3. The smallest absolute Gasteiger partial charge is 0.263 e. The van der Waals surface area contributed by atoms with Crippen molar-refractivity contribution < 1.29 is 13.9 Å². The number of nitrogens with one attached hydrogen (secondary N) is 1. The molecule has 1 atom stereocenters. The van der Waals surface area contributed by atoms with Crippen molar-refractivity contribution in [3.05, 3.63) is 30.1 Å². The lowest BCUT2D eigenvalue weighted by Gasteiger charge is -2.29. The molecule has 0 aromatic heterocycles. The number of nitrogens with zero attached hydrogens (tertiary/aromatic N) is 1. The fourth-order valence-corrected chi connectivity index (χ4v) is 2.27. The number of rotatable bonds is 8. The van der Waals surface area contributed by atoms with Gasteiger partial charge in [-0.2, -0.15) is 0 Å². The lowest BCUT2D eigenvalue weighted by molar-refractivity contribution is -0.134. The summed E-state index contributed by atoms with van der Waals surface area (Å²) in [5.41, 5.74) is -1.01. The molecule has 5 heteroatoms. The highest BCUT2D eigenvalue weighted by molar-refractivity contribution is 5.84. The molecule has 0 aliphatic rings. The van der Waals surface area contributed by atoms with Gasteiger partial charge in [-0.15, -0.1) is 0 Å². The fourth-order valence-electron chi connectivity index (χ4n) is 2.27. The number of amides is 1. The normalized spacial score (nSPS) is 13.0. The maximum absolute atomic E-state index is 12.9. The van der Waals surface area contributed by atoms with Gasteiger partial charge in [-0.1, -0.05) is 13.8 Å². The Morgan fingerprint density at radius 1 is 1.27 bits per heavy atom. The predicted octanol–water partition coefficient (Wildman–Crippen LogP) is 2.83. The van der Waals surface area contributed by atoms with E-state index in [1.807, 2.05) is 0 Å². The van der Waals surface area contributed by atoms with Gasteiger partial charge in [0, 0.05) is 12.6 Å². The molecule has 0 fully saturated rings. The first-order valence-electron chi connectivity index (χ1n) is 7.77. The van der Waals surface area contributed by atoms with Crippen LogP contribution in [0.15, 0.2) is 24.3 Å². The minimum atomic E-state index is -1.01. The second kappa shape index (κ2) is 8.13. The van der Waals surface area contributed by atoms with E-state index in [-0.39, 0.29) is 17.8 Å². The zero-order valence-electron chi connectivity index (χ0n) is 14.1. The van der Waals surface area contributed by atoms with Gasteiger partial charge in [-0.3, -0.25) is 9.69 Å². The Hall–Kier alpha value is -1.62. The summed E-state index contributed by atoms with van der Waals surface area (Å²) in [4.78, 5) is 14.6. The van der Waals surface area contributed by atoms with Crippen LogP contribution in [-0.4, -0.2) is 42.1 Å². The minimum absolute atomic E-state index is 0.184. The van der Waals surface area contributed by atoms with Gasteiger partial charge in [0.15, 0.2) is 5.60 Å². The molecule has 0 saturated heterocycles. The van der Waals surface area contributed by atoms with Crippen molar-refractivity contribution in [2.75, 3.05) is 19.6 Å². The van der Waals surface area contributed by atoms with E-state index >= 15 is 0 Å². The van der Waals surface area contributed by atoms with Gasteiger partial charge in [0.25, 0.3) is 5.91 Å². The molecule has 1 aromatic carbocycles. The van der Waals surface area contributed by atoms with E-state index < -0.39 is 5.60 Å². The molecule has 4 nitrogen and oxygen atoms in total. The van der Waals surface area contributed by atoms with Crippen molar-refractivity contribution in [2.45, 2.75) is 46.3 Å². The number of ether oxygens (including phenoxy) is 1. The van der Waals surface area contributed by atoms with Gasteiger partial charge >= 0.3 is 0 Å². The summed E-state index contributed by atoms with van der Waals surface area (Å²) < 4.78 is 18.6. The van der Waals surface area contributed by atoms with Crippen LogP contribution in [0.3, 0.4) is 0 Å². The molecule has 0 aliphatic carbocycles. The average molecular weight is 310 g/mol. The summed E-state index contributed by atoms with van der Waals surface area (Å²) in [6.07, 6.45) is 0. The topological polar surface area (TPSA) is 41.6 Å². The second-order valence-electron chi connectivity index (χ2n) is 5.85. The summed E-state index contributed by atoms with van der Waals surface area (Å²) in [5.74, 6) is -0.0446. The van der Waals surface area contributed by atoms with Crippen LogP contribution < -0.4 is 10.1 Å². The van der Waals surface area contributed by atoms with Gasteiger partial charge in [-0.25, -0.2) is 4.39 Å². The highest BCUT2D eigenvalue weighted by atomic mass is 19.1. The van der Waals surface area contributed by atoms with Crippen LogP contribution in [0.25, 0.3) is 0 Å². The number of hydrogen-bond donors (Lipinski definition) is 1. The SMILES string of the molecule is CCN(CC)C(C)CNC(=O)C(C)(C)Oc1ccc(F)cc1. The van der Waals surface area contributed by atoms with Crippen molar-refractivity contribution in [1.29, 1.82) is 0 Å². The van der Waals surface area contributed by atoms with Crippen LogP contribution in [0.5, 0.6) is 5.75 Å². The first kappa shape index (κ1) is 18.4. The van der Waals surface area contributed by atoms with Crippen molar-refractivity contribution in [3.8, 4) is 5.75 Å². The predicted molar refractivity (Wildman–Crippen MR) is 86.5 cm³/mol. The van der Waals surface area contributed by atoms with E-state index in [0.717, 1.165) is 13.1 Å². The van der Waals surface area contributed by atoms with E-state index in [2.05, 4.69) is 31.0 Å². The standard InChI is InChI=1S/C17H27FN2O2/c1-6-20(7-2)13(3)12-19-16(21)17(4,5)22-15-10-8-14(18)9-11-15/h8-11,13H,6-7,12H2,1-5H3,(H,19,21). The van der Waals surface area contributed by atoms with Crippen molar-refractivity contribution in [2.24, 2.45) is 0 Å². The lowest BCUT2D eigenvalue weighted by atomic mass is 10.1. The van der Waals surface area contributed by atoms with Gasteiger partial charge in [0.05, 0.1) is 0 Å². The monoisotopic (exact) mass is 310 g/mol. The van der Waals surface area contributed by atoms with Crippen LogP contribution >= 0.6 is 0 Å². The van der Waals surface area contributed by atoms with Gasteiger partial charge in [0.2, 0.25) is 0 Å². The number of likely N-dealkylation sites (N-methyl/N-ethyl adjacent to an activating group) is 1. The molecule has 0 saturated carbocycles. The summed E-state index contributed by atoms with van der Waals surface area (Å²) in [7, 11) is 0. The summed E-state index contributed by atoms with van der Waals surface area (Å²) in [6.45, 7) is 12.2. The summed E-state index contributed by atoms with van der Waals surface area (Å²) in [5, 5.41) is 2.92. The Morgan fingerprint density at radius 2 is 1.82 bits per heavy atom. The van der Waals surface area contributed by atoms with E-state index in [0.29, 0.717) is 12.3 Å². The zero-order valence-corrected chi connectivity index (χ0v) is 14.1. The molecule has 0 spiro atoms. The minimum Gasteiger partial charge on any atom is -0.478 e. The molecule has 0 bridgehead atoms. The van der Waals surface area contributed by atoms with Crippen LogP contribution in [0.2, 0.25) is 0 Å². The molecule has 0 heterocycles. The fraction of sp³-hybridized carbons (Fsp3) is 0.588. The Morgan fingerprint density at radius 3 is 2.32 bits per heavy atom. The summed E-state index contributed by atoms with van der Waals surface area (Å²) in [6, 6.07) is 5.92. The molecule has 124 valence electrons. The van der Waals surface area contributed by atoms with Crippen molar-refractivity contribution >= 4 is 5.91 Å². The third-order valence-electron chi connectivity index (χ3n) is 3.73. The maximum atomic E-state index is 12.9. The largest absolute Gasteiger partial charge is 0.478 e. The van der Waals surface area contributed by atoms with Gasteiger partial charge in [0.1, 0.15) is 11.6 Å². The number of carbonyl (C=O) groups excluding carboxylic acids is 1. The maximum Gasteiger partial charge on any atom is 0.263 e. The molecule has 1 N–H and O–H groups in total. The number of hydrogen-bond acceptors (Lipinski definition) is 3. The zero-order chi connectivity index (χ0) is 16.8.